The van der Waals surface area contributed by atoms with Gasteiger partial charge in [-0.2, -0.15) is 0 Å². The Morgan fingerprint density at radius 2 is 0.681 bits per heavy atom. The van der Waals surface area contributed by atoms with Crippen molar-refractivity contribution >= 4 is 621 Å². The van der Waals surface area contributed by atoms with Crippen molar-refractivity contribution in [2.24, 2.45) is 0 Å². The van der Waals surface area contributed by atoms with Gasteiger partial charge >= 0.3 is 554 Å². The van der Waals surface area contributed by atoms with Crippen molar-refractivity contribution in [3.8, 4) is 22.3 Å². The van der Waals surface area contributed by atoms with Gasteiger partial charge < -0.3 is 19.6 Å². The number of anilines is 10. The molecule has 4 heterocycles. The summed E-state index contributed by atoms with van der Waals surface area (Å²) in [5.41, 5.74) is 34.1. The Morgan fingerprint density at radius 3 is 1.11 bits per heavy atom. The molecule has 0 aromatic heterocycles. The van der Waals surface area contributed by atoms with E-state index in [9.17, 15) is 0 Å². The van der Waals surface area contributed by atoms with Gasteiger partial charge in [0.05, 0.1) is 11.1 Å². The van der Waals surface area contributed by atoms with E-state index in [4.69, 9.17) is 0 Å². The third kappa shape index (κ3) is 32.5. The maximum absolute atomic E-state index is 3.35. The van der Waals surface area contributed by atoms with Crippen LogP contribution in [0, 0.1) is 13.8 Å². The quantitative estimate of drug-likeness (QED) is 0.0396. The van der Waals surface area contributed by atoms with Crippen molar-refractivity contribution in [3.05, 3.63) is 257 Å². The number of halogens is 41. The summed E-state index contributed by atoms with van der Waals surface area (Å²) in [5.74, 6) is 0. The Labute approximate surface area is 1120 Å². The summed E-state index contributed by atoms with van der Waals surface area (Å²) in [6, 6.07) is 81.8. The van der Waals surface area contributed by atoms with Crippen LogP contribution in [-0.2, 0) is 32.5 Å². The number of rotatable bonds is 26. The van der Waals surface area contributed by atoms with Crippen LogP contribution in [0.4, 0.5) is 56.9 Å². The van der Waals surface area contributed by atoms with E-state index < -0.39 is 142 Å². The van der Waals surface area contributed by atoms with Crippen molar-refractivity contribution in [3.63, 3.8) is 0 Å². The van der Waals surface area contributed by atoms with Crippen LogP contribution in [0.1, 0.15) is 214 Å². The zero-order valence-corrected chi connectivity index (χ0v) is 167. The van der Waals surface area contributed by atoms with Gasteiger partial charge in [0, 0.05) is 67.7 Å². The Balaban J connectivity index is 0.000000179. The molecule has 2 aliphatic carbocycles. The molecule has 46 heteroatoms. The third-order valence-electron chi connectivity index (χ3n) is 26.4. The molecule has 4 atom stereocenters. The molecule has 0 radical (unpaired) electrons. The van der Waals surface area contributed by atoms with Crippen molar-refractivity contribution < 1.29 is 13.3 Å². The van der Waals surface area contributed by atoms with Crippen molar-refractivity contribution in [2.45, 2.75) is 227 Å². The molecule has 10 aromatic carbocycles. The molecule has 0 N–H and O–H groups in total. The van der Waals surface area contributed by atoms with Crippen molar-refractivity contribution in [1.29, 1.82) is 0 Å². The predicted molar refractivity (Wildman–Crippen MR) is 995 cm³/mol. The molecule has 0 saturated heterocycles. The Kier molecular flexibility index (Phi) is 60.4. The zero-order chi connectivity index (χ0) is 102. The maximum atomic E-state index is 3.35. The van der Waals surface area contributed by atoms with E-state index in [0.717, 1.165) is 0 Å². The van der Waals surface area contributed by atoms with Crippen LogP contribution in [0.15, 0.2) is 212 Å². The van der Waals surface area contributed by atoms with Crippen LogP contribution in [0.5, 0.6) is 0 Å². The topological polar surface area (TPSA) is 13.0 Å². The molecule has 2 fully saturated rings. The predicted octanol–water partition coefficient (Wildman–Crippen LogP) is 57.1. The molecule has 0 amide bonds. The minimum atomic E-state index is -0.542. The van der Waals surface area contributed by atoms with Gasteiger partial charge in [-0.3, -0.25) is 0 Å². The molecule has 2 saturated carbocycles. The summed E-state index contributed by atoms with van der Waals surface area (Å²) >= 11 is 68.5. The molecule has 4 unspecified atom stereocenters. The van der Waals surface area contributed by atoms with Gasteiger partial charge in [0.2, 0.25) is 0 Å². The Bertz CT molecular complexity index is 5950. The van der Waals surface area contributed by atoms with E-state index in [1.54, 1.807) is 5.56 Å². The van der Waals surface area contributed by atoms with Crippen LogP contribution in [0.3, 0.4) is 0 Å². The summed E-state index contributed by atoms with van der Waals surface area (Å²) in [4.78, 5) is 10.6. The van der Waals surface area contributed by atoms with E-state index in [2.05, 4.69) is 747 Å². The molecule has 4 aliphatic heterocycles. The van der Waals surface area contributed by atoms with Gasteiger partial charge in [0.15, 0.2) is 0 Å². The summed E-state index contributed by atoms with van der Waals surface area (Å²) in [6.45, 7) is 42.6. The molecule has 10 aromatic rings. The standard InChI is InChI=1S/C47H51BN2.C47H54N2.CH4.I41/c1-30-25-40-42-41(26-30)50-43-36(46(8)23-13-14-24-47(46,50)9)27-32(31-15-11-10-12-16-31)28-38(43)48(42)37-29-34(45(5,6)7)19-22-39(37)49(40)35-20-17-33(18-21-35)44(2,3)4;1-33-29-40(48(38-22-18-36(19-23-38)44(2,3)4)39-24-20-37(21-25-39)45(5,6)7)32-41(30-33)49-43-26-17-35(34-15-11-10-12-16-34)31-42(43)46(8)27-13-14-28-47(46,49)9;;1-22-24(4)26(6)28(8)30(10)32(12)34(14)36(16)38(18)40(20)41(21)39(19)37(17)35(15)33(13)31(11)29(9)27(7)25(5)23(2)3/h10-12,15-22,25-29H,13-14,23-24H2,1-9H3;10-12,15-26,29-32H,13-14,27-28H2,1-9H3;1H4;/q;;;-1. The molecule has 16 rings (SSSR count). The summed E-state index contributed by atoms with van der Waals surface area (Å²) in [7, 11) is -9.45. The number of benzene rings is 10. The van der Waals surface area contributed by atoms with Crippen molar-refractivity contribution in [2.75, 3.05) is 19.6 Å². The number of hydrogen-bond acceptors (Lipinski definition) is 4. The van der Waals surface area contributed by atoms with Crippen molar-refractivity contribution in [1.82, 2.24) is 0 Å². The van der Waals surface area contributed by atoms with Gasteiger partial charge in [-0.05, 0) is 249 Å². The monoisotopic (exact) mass is 6520 g/mol. The molecular weight excluding hydrogens is 6410 g/mol. The number of nitrogens with zero attached hydrogens (tertiary/aromatic N) is 4. The molecule has 6 aliphatic rings. The zero-order valence-electron chi connectivity index (χ0n) is 78.2. The van der Waals surface area contributed by atoms with Gasteiger partial charge in [0.1, 0.15) is 0 Å². The van der Waals surface area contributed by atoms with E-state index in [1.165, 1.54) is 186 Å². The van der Waals surface area contributed by atoms with Crippen LogP contribution >= 0.6 is 541 Å². The molecule has 141 heavy (non-hydrogen) atoms. The fraction of sp³-hybridized carbons (Fsp3) is 0.368. The second-order valence-electron chi connectivity index (χ2n) is 38.6. The van der Waals surface area contributed by atoms with Crippen LogP contribution in [-0.4, -0.2) is 17.8 Å². The summed E-state index contributed by atoms with van der Waals surface area (Å²) in [5, 5.41) is 0. The Morgan fingerprint density at radius 1 is 0.312 bits per heavy atom. The SMILES string of the molecule is C.Cc1cc(N(c2ccc(C(C)(C)C)cc2)c2ccc(C(C)(C)C)cc2)cc(N2c3ccc(-c4ccccc4)cc3C3(C)CCCCC23C)c1.Cc1cc2c3c(c1)N1c4c(cc(-c5ccccc5)cc4C4(C)CCCCC14C)B3c1cc(C(C)(C)C)ccc1N2c1ccc(C(C)(C)C)cc1.I[I-]I(I)I(I)I(I)I(I)I(I)I(I)I(I)I(I)I(I)I(I)I(I)I(I)I(I)I(I)I(I)I(I)I(I)I(I)I(I)I. The minimum absolute atomic E-state index is 0. The summed E-state index contributed by atoms with van der Waals surface area (Å²) < 4.78 is 0. The second kappa shape index (κ2) is 61.2. The first-order valence-corrected chi connectivity index (χ1v) is 294. The number of hydrogen-bond donors (Lipinski definition) is 0. The third-order valence-corrected chi connectivity index (χ3v) is 3080. The Hall–Kier alpha value is 21.4. The van der Waals surface area contributed by atoms with E-state index in [-0.39, 0.29) is 65.6 Å². The van der Waals surface area contributed by atoms with Gasteiger partial charge in [0.25, 0.3) is 6.71 Å². The normalized spacial score (nSPS) is 20.3. The average molecular weight is 6520 g/mol. The van der Waals surface area contributed by atoms with E-state index in [0.29, 0.717) is 13.3 Å². The number of fused-ring (bicyclic) bond motifs is 10. The van der Waals surface area contributed by atoms with Gasteiger partial charge in [-0.1, -0.05) is 251 Å². The van der Waals surface area contributed by atoms with Crippen LogP contribution < -0.4 is 49.2 Å². The van der Waals surface area contributed by atoms with E-state index >= 15 is 0 Å². The molecule has 0 bridgehead atoms. The van der Waals surface area contributed by atoms with Crippen LogP contribution in [0.2, 0.25) is 0 Å². The van der Waals surface area contributed by atoms with Gasteiger partial charge in [-0.15, -0.1) is 0 Å². The average Bonchev–Trinajstić information content (AvgIpc) is 1.51. The number of aryl methyl sites for hydroxylation is 2. The van der Waals surface area contributed by atoms with E-state index in [1.807, 2.05) is 0 Å². The fourth-order valence-electron chi connectivity index (χ4n) is 19.3. The molecule has 0 spiro atoms. The first-order chi connectivity index (χ1) is 65.6. The van der Waals surface area contributed by atoms with Crippen LogP contribution in [0.25, 0.3) is 22.3 Å². The first kappa shape index (κ1) is 139. The first-order valence-electron chi connectivity index (χ1n) is 43.0. The fourth-order valence-corrected chi connectivity index (χ4v) is 7350. The van der Waals surface area contributed by atoms with Gasteiger partial charge in [-0.25, -0.2) is 0 Å². The summed E-state index contributed by atoms with van der Waals surface area (Å²) in [6.07, 6.45) is 9.90. The molecular formula is C95H109BI41N4-. The molecule has 4 nitrogen and oxygen atoms in total. The second-order valence-corrected chi connectivity index (χ2v) is 981. The molecule has 800 valence electrons.